The van der Waals surface area contributed by atoms with E-state index in [1.807, 2.05) is 55.5 Å². The summed E-state index contributed by atoms with van der Waals surface area (Å²) < 4.78 is 6.63. The molecule has 1 atom stereocenters. The fourth-order valence-corrected chi connectivity index (χ4v) is 2.32. The third-order valence-corrected chi connectivity index (χ3v) is 4.04. The molecular formula is C18H21BrN2O2. The van der Waals surface area contributed by atoms with Crippen LogP contribution in [0.1, 0.15) is 20.3 Å². The van der Waals surface area contributed by atoms with E-state index in [0.29, 0.717) is 0 Å². The third kappa shape index (κ3) is 5.60. The molecule has 0 aliphatic rings. The largest absolute Gasteiger partial charge is 0.491 e. The molecule has 5 heteroatoms. The Kier molecular flexibility index (Phi) is 6.47. The van der Waals surface area contributed by atoms with Gasteiger partial charge < -0.3 is 15.4 Å². The van der Waals surface area contributed by atoms with Crippen LogP contribution in [0.4, 0.5) is 11.4 Å². The molecule has 23 heavy (non-hydrogen) atoms. The van der Waals surface area contributed by atoms with Crippen molar-refractivity contribution in [3.8, 4) is 5.75 Å². The van der Waals surface area contributed by atoms with Crippen molar-refractivity contribution in [2.75, 3.05) is 17.2 Å². The molecule has 1 unspecified atom stereocenters. The van der Waals surface area contributed by atoms with Crippen LogP contribution in [0.25, 0.3) is 0 Å². The van der Waals surface area contributed by atoms with Gasteiger partial charge in [-0.25, -0.2) is 0 Å². The highest BCUT2D eigenvalue weighted by Gasteiger charge is 2.06. The Labute approximate surface area is 145 Å². The van der Waals surface area contributed by atoms with Crippen LogP contribution in [0.3, 0.4) is 0 Å². The molecule has 2 rings (SSSR count). The molecule has 0 aromatic heterocycles. The van der Waals surface area contributed by atoms with E-state index >= 15 is 0 Å². The highest BCUT2D eigenvalue weighted by molar-refractivity contribution is 9.10. The Morgan fingerprint density at radius 3 is 2.74 bits per heavy atom. The highest BCUT2D eigenvalue weighted by atomic mass is 79.9. The van der Waals surface area contributed by atoms with Crippen LogP contribution in [0.15, 0.2) is 53.0 Å². The number of hydrogen-bond acceptors (Lipinski definition) is 3. The Morgan fingerprint density at radius 2 is 2.00 bits per heavy atom. The number of ether oxygens (including phenoxy) is 1. The molecule has 0 fully saturated rings. The van der Waals surface area contributed by atoms with E-state index in [0.717, 1.165) is 28.0 Å². The molecule has 0 aliphatic carbocycles. The number of halogens is 1. The quantitative estimate of drug-likeness (QED) is 0.737. The first-order valence-corrected chi connectivity index (χ1v) is 8.42. The van der Waals surface area contributed by atoms with Crippen molar-refractivity contribution in [2.24, 2.45) is 0 Å². The maximum absolute atomic E-state index is 12.0. The van der Waals surface area contributed by atoms with Crippen LogP contribution in [0.5, 0.6) is 5.75 Å². The average molecular weight is 377 g/mol. The number of nitrogens with one attached hydrogen (secondary N) is 2. The lowest BCUT2D eigenvalue weighted by Gasteiger charge is -2.14. The summed E-state index contributed by atoms with van der Waals surface area (Å²) in [6.07, 6.45) is 1.12. The molecule has 0 spiro atoms. The van der Waals surface area contributed by atoms with Gasteiger partial charge in [0.1, 0.15) is 5.75 Å². The first-order chi connectivity index (χ1) is 11.1. The van der Waals surface area contributed by atoms with Crippen molar-refractivity contribution in [3.63, 3.8) is 0 Å². The summed E-state index contributed by atoms with van der Waals surface area (Å²) in [6, 6.07) is 15.2. The van der Waals surface area contributed by atoms with Crippen LogP contribution in [0, 0.1) is 0 Å². The van der Waals surface area contributed by atoms with Gasteiger partial charge in [-0.15, -0.1) is 0 Å². The number of rotatable bonds is 7. The van der Waals surface area contributed by atoms with Gasteiger partial charge in [0, 0.05) is 16.2 Å². The predicted molar refractivity (Wildman–Crippen MR) is 98.1 cm³/mol. The molecule has 2 N–H and O–H groups in total. The van der Waals surface area contributed by atoms with Crippen molar-refractivity contribution in [1.29, 1.82) is 0 Å². The molecular weight excluding hydrogens is 356 g/mol. The van der Waals surface area contributed by atoms with Gasteiger partial charge in [0.15, 0.2) is 0 Å². The lowest BCUT2D eigenvalue weighted by Crippen LogP contribution is -2.22. The summed E-state index contributed by atoms with van der Waals surface area (Å²) in [6.45, 7) is 4.30. The summed E-state index contributed by atoms with van der Waals surface area (Å²) >= 11 is 3.41. The monoisotopic (exact) mass is 376 g/mol. The van der Waals surface area contributed by atoms with Crippen molar-refractivity contribution in [1.82, 2.24) is 0 Å². The zero-order valence-corrected chi connectivity index (χ0v) is 14.9. The zero-order chi connectivity index (χ0) is 16.7. The number of carbonyl (C=O) groups excluding carboxylic acids is 1. The lowest BCUT2D eigenvalue weighted by atomic mass is 10.2. The summed E-state index contributed by atoms with van der Waals surface area (Å²) in [7, 11) is 0. The minimum Gasteiger partial charge on any atom is -0.491 e. The van der Waals surface area contributed by atoms with E-state index in [2.05, 4.69) is 33.5 Å². The van der Waals surface area contributed by atoms with Crippen LogP contribution < -0.4 is 15.4 Å². The smallest absolute Gasteiger partial charge is 0.243 e. The fraction of sp³-hybridized carbons (Fsp3) is 0.278. The standard InChI is InChI=1S/C18H21BrN2O2/c1-3-13(2)23-15-8-6-7-14(11-15)20-12-18(22)21-17-10-5-4-9-16(17)19/h4-11,13,20H,3,12H2,1-2H3,(H,21,22). The van der Waals surface area contributed by atoms with E-state index in [4.69, 9.17) is 4.74 Å². The molecule has 0 radical (unpaired) electrons. The minimum absolute atomic E-state index is 0.106. The van der Waals surface area contributed by atoms with E-state index in [9.17, 15) is 4.79 Å². The van der Waals surface area contributed by atoms with Crippen molar-refractivity contribution in [2.45, 2.75) is 26.4 Å². The molecule has 0 aliphatic heterocycles. The maximum atomic E-state index is 12.0. The molecule has 122 valence electrons. The zero-order valence-electron chi connectivity index (χ0n) is 13.3. The van der Waals surface area contributed by atoms with Crippen LogP contribution >= 0.6 is 15.9 Å². The Morgan fingerprint density at radius 1 is 1.22 bits per heavy atom. The van der Waals surface area contributed by atoms with Gasteiger partial charge in [0.05, 0.1) is 18.3 Å². The van der Waals surface area contributed by atoms with Crippen LogP contribution in [-0.4, -0.2) is 18.6 Å². The lowest BCUT2D eigenvalue weighted by molar-refractivity contribution is -0.114. The summed E-state index contributed by atoms with van der Waals surface area (Å²) in [4.78, 5) is 12.0. The molecule has 0 saturated heterocycles. The van der Waals surface area contributed by atoms with Gasteiger partial charge in [-0.2, -0.15) is 0 Å². The number of amides is 1. The van der Waals surface area contributed by atoms with Gasteiger partial charge in [-0.3, -0.25) is 4.79 Å². The first-order valence-electron chi connectivity index (χ1n) is 7.63. The SMILES string of the molecule is CCC(C)Oc1cccc(NCC(=O)Nc2ccccc2Br)c1. The fourth-order valence-electron chi connectivity index (χ4n) is 1.93. The normalized spacial score (nSPS) is 11.6. The minimum atomic E-state index is -0.106. The first kappa shape index (κ1) is 17.3. The van der Waals surface area contributed by atoms with Crippen molar-refractivity contribution >= 4 is 33.2 Å². The van der Waals surface area contributed by atoms with E-state index in [1.54, 1.807) is 0 Å². The molecule has 0 saturated carbocycles. The van der Waals surface area contributed by atoms with Gasteiger partial charge >= 0.3 is 0 Å². The van der Waals surface area contributed by atoms with E-state index in [-0.39, 0.29) is 18.6 Å². The number of para-hydroxylation sites is 1. The second-order valence-electron chi connectivity index (χ2n) is 5.25. The highest BCUT2D eigenvalue weighted by Crippen LogP contribution is 2.21. The number of anilines is 2. The van der Waals surface area contributed by atoms with Gasteiger partial charge in [-0.1, -0.05) is 25.1 Å². The number of carbonyl (C=O) groups is 1. The van der Waals surface area contributed by atoms with Crippen LogP contribution in [0.2, 0.25) is 0 Å². The molecule has 0 heterocycles. The molecule has 4 nitrogen and oxygen atoms in total. The summed E-state index contributed by atoms with van der Waals surface area (Å²) in [5, 5.41) is 5.97. The Bertz CT molecular complexity index is 661. The third-order valence-electron chi connectivity index (χ3n) is 3.35. The van der Waals surface area contributed by atoms with Crippen LogP contribution in [-0.2, 0) is 4.79 Å². The molecule has 1 amide bonds. The summed E-state index contributed by atoms with van der Waals surface area (Å²) in [5.41, 5.74) is 1.61. The molecule has 2 aromatic carbocycles. The van der Waals surface area contributed by atoms with Gasteiger partial charge in [0.25, 0.3) is 0 Å². The van der Waals surface area contributed by atoms with E-state index < -0.39 is 0 Å². The topological polar surface area (TPSA) is 50.4 Å². The Balaban J connectivity index is 1.89. The summed E-state index contributed by atoms with van der Waals surface area (Å²) in [5.74, 6) is 0.695. The number of benzene rings is 2. The number of hydrogen-bond donors (Lipinski definition) is 2. The molecule has 0 bridgehead atoms. The van der Waals surface area contributed by atoms with Crippen molar-refractivity contribution < 1.29 is 9.53 Å². The van der Waals surface area contributed by atoms with E-state index in [1.165, 1.54) is 0 Å². The van der Waals surface area contributed by atoms with Gasteiger partial charge in [-0.05, 0) is 53.5 Å². The van der Waals surface area contributed by atoms with Crippen molar-refractivity contribution in [3.05, 3.63) is 53.0 Å². The second-order valence-corrected chi connectivity index (χ2v) is 6.10. The molecule has 2 aromatic rings. The second kappa shape index (κ2) is 8.58. The average Bonchev–Trinajstić information content (AvgIpc) is 2.55. The predicted octanol–water partition coefficient (Wildman–Crippen LogP) is 4.68. The maximum Gasteiger partial charge on any atom is 0.243 e. The Hall–Kier alpha value is -2.01. The van der Waals surface area contributed by atoms with Gasteiger partial charge in [0.2, 0.25) is 5.91 Å².